The van der Waals surface area contributed by atoms with Gasteiger partial charge in [-0.3, -0.25) is 9.89 Å². The number of carbonyl (C=O) groups is 1. The molecule has 2 N–H and O–H groups in total. The van der Waals surface area contributed by atoms with Crippen molar-refractivity contribution in [3.8, 4) is 0 Å². The summed E-state index contributed by atoms with van der Waals surface area (Å²) in [6.45, 7) is 7.48. The van der Waals surface area contributed by atoms with Crippen molar-refractivity contribution in [2.75, 3.05) is 5.32 Å². The van der Waals surface area contributed by atoms with Crippen LogP contribution in [0, 0.1) is 20.8 Å². The largest absolute Gasteiger partial charge is 0.319 e. The van der Waals surface area contributed by atoms with E-state index in [0.717, 1.165) is 22.8 Å². The molecule has 0 saturated heterocycles. The quantitative estimate of drug-likeness (QED) is 0.882. The molecular weight excluding hydrogens is 242 g/mol. The van der Waals surface area contributed by atoms with Crippen molar-refractivity contribution in [2.45, 2.75) is 34.1 Å². The molecule has 0 unspecified atom stereocenters. The molecule has 0 fully saturated rings. The average Bonchev–Trinajstić information content (AvgIpc) is 2.70. The van der Waals surface area contributed by atoms with Gasteiger partial charge in [-0.1, -0.05) is 6.92 Å². The number of rotatable bonds is 3. The van der Waals surface area contributed by atoms with Gasteiger partial charge in [-0.15, -0.1) is 0 Å². The Morgan fingerprint density at radius 1 is 1.32 bits per heavy atom. The number of H-pyrrole nitrogens is 1. The van der Waals surface area contributed by atoms with Crippen LogP contribution in [0.3, 0.4) is 0 Å². The number of carbonyl (C=O) groups excluding carboxylic acids is 1. The van der Waals surface area contributed by atoms with Crippen molar-refractivity contribution < 1.29 is 4.79 Å². The second-order valence-electron chi connectivity index (χ2n) is 4.46. The SMILES string of the molecule is CCc1nnc(C)cc1C(=O)Nc1c(C)n[nH]c1C. The van der Waals surface area contributed by atoms with E-state index in [0.29, 0.717) is 17.7 Å². The third-order valence-corrected chi connectivity index (χ3v) is 2.94. The van der Waals surface area contributed by atoms with Gasteiger partial charge in [0.05, 0.1) is 34.0 Å². The highest BCUT2D eigenvalue weighted by molar-refractivity contribution is 6.05. The number of aromatic amines is 1. The minimum Gasteiger partial charge on any atom is -0.319 e. The zero-order valence-electron chi connectivity index (χ0n) is 11.5. The Bertz CT molecular complexity index is 598. The van der Waals surface area contributed by atoms with Gasteiger partial charge in [0.25, 0.3) is 5.91 Å². The number of hydrogen-bond donors (Lipinski definition) is 2. The van der Waals surface area contributed by atoms with Crippen molar-refractivity contribution >= 4 is 11.6 Å². The number of aryl methyl sites for hydroxylation is 4. The molecule has 0 saturated carbocycles. The van der Waals surface area contributed by atoms with E-state index in [1.54, 1.807) is 6.07 Å². The molecule has 0 atom stereocenters. The zero-order valence-corrected chi connectivity index (χ0v) is 11.5. The maximum absolute atomic E-state index is 12.3. The number of hydrogen-bond acceptors (Lipinski definition) is 4. The monoisotopic (exact) mass is 259 g/mol. The molecule has 2 aromatic heterocycles. The van der Waals surface area contributed by atoms with Crippen LogP contribution >= 0.6 is 0 Å². The molecule has 0 spiro atoms. The minimum atomic E-state index is -0.178. The Morgan fingerprint density at radius 2 is 2.05 bits per heavy atom. The lowest BCUT2D eigenvalue weighted by Crippen LogP contribution is -2.17. The van der Waals surface area contributed by atoms with Crippen LogP contribution in [0.15, 0.2) is 6.07 Å². The van der Waals surface area contributed by atoms with Gasteiger partial charge in [0.2, 0.25) is 0 Å². The predicted molar refractivity (Wildman–Crippen MR) is 72.2 cm³/mol. The van der Waals surface area contributed by atoms with E-state index in [1.807, 2.05) is 27.7 Å². The summed E-state index contributed by atoms with van der Waals surface area (Å²) in [6, 6.07) is 1.76. The molecule has 0 aliphatic carbocycles. The van der Waals surface area contributed by atoms with E-state index in [9.17, 15) is 4.79 Å². The first kappa shape index (κ1) is 13.2. The van der Waals surface area contributed by atoms with E-state index in [4.69, 9.17) is 0 Å². The molecule has 1 amide bonds. The topological polar surface area (TPSA) is 83.6 Å². The van der Waals surface area contributed by atoms with Gasteiger partial charge in [0.15, 0.2) is 0 Å². The van der Waals surface area contributed by atoms with Crippen molar-refractivity contribution in [2.24, 2.45) is 0 Å². The van der Waals surface area contributed by atoms with Crippen molar-refractivity contribution in [3.05, 3.63) is 34.4 Å². The Hall–Kier alpha value is -2.24. The molecule has 19 heavy (non-hydrogen) atoms. The zero-order chi connectivity index (χ0) is 14.0. The van der Waals surface area contributed by atoms with E-state index in [1.165, 1.54) is 0 Å². The Kier molecular flexibility index (Phi) is 3.59. The third kappa shape index (κ3) is 2.62. The van der Waals surface area contributed by atoms with Crippen LogP contribution in [0.1, 0.15) is 40.1 Å². The summed E-state index contributed by atoms with van der Waals surface area (Å²) in [5, 5.41) is 17.8. The van der Waals surface area contributed by atoms with Gasteiger partial charge in [-0.2, -0.15) is 15.3 Å². The predicted octanol–water partition coefficient (Wildman–Crippen LogP) is 1.94. The minimum absolute atomic E-state index is 0.178. The van der Waals surface area contributed by atoms with Crippen molar-refractivity contribution in [1.82, 2.24) is 20.4 Å². The van der Waals surface area contributed by atoms with Gasteiger partial charge in [0.1, 0.15) is 0 Å². The normalized spacial score (nSPS) is 10.5. The molecule has 0 aromatic carbocycles. The summed E-state index contributed by atoms with van der Waals surface area (Å²) in [7, 11) is 0. The van der Waals surface area contributed by atoms with Crippen LogP contribution in [-0.2, 0) is 6.42 Å². The lowest BCUT2D eigenvalue weighted by atomic mass is 10.1. The molecule has 0 aliphatic rings. The molecule has 2 aromatic rings. The molecule has 0 aliphatic heterocycles. The van der Waals surface area contributed by atoms with E-state index >= 15 is 0 Å². The summed E-state index contributed by atoms with van der Waals surface area (Å²) >= 11 is 0. The van der Waals surface area contributed by atoms with E-state index in [-0.39, 0.29) is 5.91 Å². The third-order valence-electron chi connectivity index (χ3n) is 2.94. The molecule has 6 heteroatoms. The standard InChI is InChI=1S/C13H17N5O/c1-5-11-10(6-7(2)15-18-11)13(19)14-12-8(3)16-17-9(12)4/h6H,5H2,1-4H3,(H,14,19)(H,16,17). The summed E-state index contributed by atoms with van der Waals surface area (Å²) < 4.78 is 0. The Labute approximate surface area is 111 Å². The highest BCUT2D eigenvalue weighted by Crippen LogP contribution is 2.18. The first-order valence-electron chi connectivity index (χ1n) is 6.19. The number of nitrogens with zero attached hydrogens (tertiary/aromatic N) is 3. The second-order valence-corrected chi connectivity index (χ2v) is 4.46. The van der Waals surface area contributed by atoms with Gasteiger partial charge < -0.3 is 5.32 Å². The number of anilines is 1. The molecule has 0 bridgehead atoms. The summed E-state index contributed by atoms with van der Waals surface area (Å²) in [5.74, 6) is -0.178. The van der Waals surface area contributed by atoms with Crippen LogP contribution in [0.5, 0.6) is 0 Å². The summed E-state index contributed by atoms with van der Waals surface area (Å²) in [6.07, 6.45) is 0.666. The molecule has 100 valence electrons. The Balaban J connectivity index is 2.32. The fraction of sp³-hybridized carbons (Fsp3) is 0.385. The fourth-order valence-electron chi connectivity index (χ4n) is 1.89. The maximum Gasteiger partial charge on any atom is 0.257 e. The summed E-state index contributed by atoms with van der Waals surface area (Å²) in [4.78, 5) is 12.3. The maximum atomic E-state index is 12.3. The van der Waals surface area contributed by atoms with Crippen LogP contribution in [0.2, 0.25) is 0 Å². The first-order chi connectivity index (χ1) is 9.02. The van der Waals surface area contributed by atoms with E-state index < -0.39 is 0 Å². The number of nitrogens with one attached hydrogen (secondary N) is 2. The van der Waals surface area contributed by atoms with Gasteiger partial charge in [-0.25, -0.2) is 0 Å². The smallest absolute Gasteiger partial charge is 0.257 e. The van der Waals surface area contributed by atoms with Gasteiger partial charge >= 0.3 is 0 Å². The number of amides is 1. The average molecular weight is 259 g/mol. The molecule has 2 heterocycles. The lowest BCUT2D eigenvalue weighted by molar-refractivity contribution is 0.102. The van der Waals surface area contributed by atoms with Crippen LogP contribution in [0.4, 0.5) is 5.69 Å². The highest BCUT2D eigenvalue weighted by Gasteiger charge is 2.16. The van der Waals surface area contributed by atoms with Gasteiger partial charge in [-0.05, 0) is 33.3 Å². The fourth-order valence-corrected chi connectivity index (χ4v) is 1.89. The van der Waals surface area contributed by atoms with Crippen molar-refractivity contribution in [1.29, 1.82) is 0 Å². The van der Waals surface area contributed by atoms with Crippen molar-refractivity contribution in [3.63, 3.8) is 0 Å². The van der Waals surface area contributed by atoms with E-state index in [2.05, 4.69) is 25.7 Å². The highest BCUT2D eigenvalue weighted by atomic mass is 16.1. The molecule has 2 rings (SSSR count). The molecular formula is C13H17N5O. The molecule has 0 radical (unpaired) electrons. The molecule has 6 nitrogen and oxygen atoms in total. The first-order valence-corrected chi connectivity index (χ1v) is 6.19. The second kappa shape index (κ2) is 5.17. The lowest BCUT2D eigenvalue weighted by Gasteiger charge is -2.08. The van der Waals surface area contributed by atoms with Crippen LogP contribution in [0.25, 0.3) is 0 Å². The number of aromatic nitrogens is 4. The van der Waals surface area contributed by atoms with Gasteiger partial charge in [0, 0.05) is 0 Å². The van der Waals surface area contributed by atoms with Crippen LogP contribution < -0.4 is 5.32 Å². The van der Waals surface area contributed by atoms with Crippen LogP contribution in [-0.4, -0.2) is 26.3 Å². The Morgan fingerprint density at radius 3 is 2.63 bits per heavy atom. The summed E-state index contributed by atoms with van der Waals surface area (Å²) in [5.41, 5.74) is 4.31.